The van der Waals surface area contributed by atoms with Crippen LogP contribution in [0.4, 0.5) is 0 Å². The molecule has 0 bridgehead atoms. The molecule has 2 aromatic carbocycles. The molecule has 0 aliphatic carbocycles. The first-order valence-corrected chi connectivity index (χ1v) is 13.1. The first kappa shape index (κ1) is 25.4. The Morgan fingerprint density at radius 1 is 0.760 bits per heavy atom. The van der Waals surface area contributed by atoms with E-state index in [1.807, 2.05) is 30.3 Å². The monoisotopic (exact) mass is 542 g/mol. The topological polar surface area (TPSA) is 0 Å². The molecule has 2 rings (SSSR count). The van der Waals surface area contributed by atoms with Gasteiger partial charge in [0.2, 0.25) is 0 Å². The summed E-state index contributed by atoms with van der Waals surface area (Å²) in [6.45, 7) is 9.37. The molecule has 0 saturated carbocycles. The molecule has 25 heavy (non-hydrogen) atoms. The van der Waals surface area contributed by atoms with Gasteiger partial charge in [0.15, 0.2) is 0 Å². The maximum absolute atomic E-state index is 2.45. The van der Waals surface area contributed by atoms with Gasteiger partial charge in [0.05, 0.1) is 0 Å². The minimum atomic E-state index is 0. The first-order valence-electron chi connectivity index (χ1n) is 9.70. The average Bonchev–Trinajstić information content (AvgIpc) is 3.29. The van der Waals surface area contributed by atoms with E-state index in [2.05, 4.69) is 45.9 Å². The van der Waals surface area contributed by atoms with Crippen LogP contribution in [0.5, 0.6) is 0 Å². The molecule has 0 saturated heterocycles. The van der Waals surface area contributed by atoms with Crippen LogP contribution in [0, 0.1) is 0 Å². The molecule has 0 unspecified atom stereocenters. The van der Waals surface area contributed by atoms with Crippen LogP contribution in [0.3, 0.4) is 0 Å². The van der Waals surface area contributed by atoms with Gasteiger partial charge in [-0.3, -0.25) is 0 Å². The van der Waals surface area contributed by atoms with Gasteiger partial charge >= 0.3 is 0 Å². The number of hydrogen-bond acceptors (Lipinski definition) is 0. The summed E-state index contributed by atoms with van der Waals surface area (Å²) in [5.74, 6) is 0. The molecule has 2 aromatic rings. The minimum Gasteiger partial charge on any atom is -0.748 e. The molecular formula is C22H36HfP2-6. The fourth-order valence-corrected chi connectivity index (χ4v) is 8.85. The van der Waals surface area contributed by atoms with Crippen LogP contribution >= 0.6 is 15.8 Å². The van der Waals surface area contributed by atoms with Gasteiger partial charge in [-0.1, -0.05) is 53.4 Å². The molecule has 144 valence electrons. The second-order valence-corrected chi connectivity index (χ2v) is 11.1. The summed E-state index contributed by atoms with van der Waals surface area (Å²) in [6.07, 6.45) is 11.1. The van der Waals surface area contributed by atoms with Crippen molar-refractivity contribution in [1.29, 1.82) is 0 Å². The predicted molar refractivity (Wildman–Crippen MR) is 118 cm³/mol. The zero-order valence-electron chi connectivity index (χ0n) is 16.7. The van der Waals surface area contributed by atoms with Crippen LogP contribution in [0.15, 0.2) is 48.5 Å². The Hall–Kier alpha value is 0.430. The van der Waals surface area contributed by atoms with Crippen molar-refractivity contribution in [3.05, 3.63) is 48.5 Å². The van der Waals surface area contributed by atoms with Gasteiger partial charge in [-0.05, 0) is 24.6 Å². The van der Waals surface area contributed by atoms with Crippen LogP contribution in [0.25, 0.3) is 0 Å². The summed E-state index contributed by atoms with van der Waals surface area (Å²) >= 11 is 0. The van der Waals surface area contributed by atoms with Crippen LogP contribution in [0.1, 0.15) is 53.4 Å². The Balaban J connectivity index is 0.000000820. The van der Waals surface area contributed by atoms with Crippen LogP contribution < -0.4 is 10.6 Å². The van der Waals surface area contributed by atoms with E-state index >= 15 is 0 Å². The van der Waals surface area contributed by atoms with Crippen molar-refractivity contribution in [3.63, 3.8) is 0 Å². The summed E-state index contributed by atoms with van der Waals surface area (Å²) in [7, 11) is 0.245. The van der Waals surface area contributed by atoms with Gasteiger partial charge in [0, 0.05) is 25.8 Å². The van der Waals surface area contributed by atoms with E-state index in [-0.39, 0.29) is 41.7 Å². The smallest absolute Gasteiger partial charge is 0 e. The van der Waals surface area contributed by atoms with E-state index in [4.69, 9.17) is 0 Å². The van der Waals surface area contributed by atoms with E-state index in [1.54, 1.807) is 10.6 Å². The molecule has 3 heteroatoms. The van der Waals surface area contributed by atoms with Gasteiger partial charge < -0.3 is 30.3 Å². The molecule has 0 amide bonds. The Morgan fingerprint density at radius 3 is 1.60 bits per heavy atom. The minimum absolute atomic E-state index is 0. The van der Waals surface area contributed by atoms with Crippen LogP contribution in [-0.2, 0) is 25.8 Å². The van der Waals surface area contributed by atoms with Crippen molar-refractivity contribution < 1.29 is 25.8 Å². The Morgan fingerprint density at radius 2 is 1.20 bits per heavy atom. The standard InChI is InChI=1S/C17H31P2.C5H5.Hf/c1-5-12-18(13-6-2)16-10-9-11-17(16)19(14-7-3)15-8-4;1-2-4-5-3-1;/h9-11H,5-8,12-15H2,1-4H3;1-5H;/q-1;-5;. The predicted octanol–water partition coefficient (Wildman–Crippen LogP) is 6.66. The van der Waals surface area contributed by atoms with Crippen LogP contribution in [-0.4, -0.2) is 24.6 Å². The summed E-state index contributed by atoms with van der Waals surface area (Å²) in [5.41, 5.74) is 0. The average molecular weight is 541 g/mol. The van der Waals surface area contributed by atoms with E-state index < -0.39 is 0 Å². The Labute approximate surface area is 178 Å². The van der Waals surface area contributed by atoms with Gasteiger partial charge in [0.1, 0.15) is 0 Å². The van der Waals surface area contributed by atoms with Gasteiger partial charge in [-0.25, -0.2) is 12.1 Å². The zero-order valence-corrected chi connectivity index (χ0v) is 22.1. The van der Waals surface area contributed by atoms with E-state index in [1.165, 1.54) is 50.3 Å². The van der Waals surface area contributed by atoms with Crippen molar-refractivity contribution in [2.75, 3.05) is 24.6 Å². The normalized spacial score (nSPS) is 10.5. The third-order valence-corrected chi connectivity index (χ3v) is 10.2. The third-order valence-electron chi connectivity index (χ3n) is 3.98. The maximum Gasteiger partial charge on any atom is 0 e. The summed E-state index contributed by atoms with van der Waals surface area (Å²) < 4.78 is 0. The largest absolute Gasteiger partial charge is 0.748 e. The second-order valence-electron chi connectivity index (χ2n) is 6.23. The summed E-state index contributed by atoms with van der Waals surface area (Å²) in [5, 5.41) is 3.54. The molecule has 0 N–H and O–H groups in total. The fourth-order valence-electron chi connectivity index (χ4n) is 3.04. The van der Waals surface area contributed by atoms with Gasteiger partial charge in [-0.2, -0.15) is 6.07 Å². The van der Waals surface area contributed by atoms with Gasteiger partial charge in [-0.15, -0.1) is 26.5 Å². The summed E-state index contributed by atoms with van der Waals surface area (Å²) in [6, 6.07) is 17.2. The van der Waals surface area contributed by atoms with Gasteiger partial charge in [0.25, 0.3) is 0 Å². The third kappa shape index (κ3) is 9.79. The molecule has 0 heterocycles. The molecule has 0 fully saturated rings. The summed E-state index contributed by atoms with van der Waals surface area (Å²) in [4.78, 5) is 0. The van der Waals surface area contributed by atoms with Crippen molar-refractivity contribution in [2.45, 2.75) is 53.4 Å². The quantitative estimate of drug-likeness (QED) is 0.179. The Bertz CT molecular complexity index is 430. The van der Waals surface area contributed by atoms with Crippen molar-refractivity contribution in [2.24, 2.45) is 0 Å². The molecule has 0 atom stereocenters. The molecule has 0 spiro atoms. The molecule has 0 radical (unpaired) electrons. The van der Waals surface area contributed by atoms with Crippen LogP contribution in [0.2, 0.25) is 0 Å². The first-order chi connectivity index (χ1) is 11.8. The fraction of sp³-hybridized carbons (Fsp3) is 0.545. The molecule has 0 aliphatic heterocycles. The number of hydrogen-bond donors (Lipinski definition) is 0. The van der Waals surface area contributed by atoms with Crippen molar-refractivity contribution in [3.8, 4) is 0 Å². The molecule has 0 aliphatic rings. The Kier molecular flexibility index (Phi) is 16.9. The van der Waals surface area contributed by atoms with Crippen molar-refractivity contribution in [1.82, 2.24) is 0 Å². The molecular weight excluding hydrogens is 505 g/mol. The van der Waals surface area contributed by atoms with Crippen molar-refractivity contribution >= 4 is 26.5 Å². The van der Waals surface area contributed by atoms with E-state index in [0.717, 1.165) is 0 Å². The number of rotatable bonds is 10. The van der Waals surface area contributed by atoms with E-state index in [9.17, 15) is 0 Å². The maximum atomic E-state index is 2.45. The molecule has 0 aromatic heterocycles. The molecule has 0 nitrogen and oxygen atoms in total. The zero-order chi connectivity index (χ0) is 17.6. The second kappa shape index (κ2) is 16.6. The van der Waals surface area contributed by atoms with E-state index in [0.29, 0.717) is 0 Å². The SMILES string of the molecule is CCCP(CCC)c1ccc[c-]1P(CCC)CCC.[Hf].[cH-]1[cH-][cH-][cH-][cH-]1.